The molecule has 0 spiro atoms. The van der Waals surface area contributed by atoms with E-state index in [9.17, 15) is 14.1 Å². The Morgan fingerprint density at radius 1 is 1.43 bits per heavy atom. The van der Waals surface area contributed by atoms with Crippen LogP contribution in [0, 0.1) is 5.92 Å². The second-order valence-corrected chi connectivity index (χ2v) is 6.76. The van der Waals surface area contributed by atoms with Gasteiger partial charge in [0.2, 0.25) is 5.91 Å². The number of carbonyl (C=O) groups is 2. The SMILES string of the molecule is CC(C(N)=O)C1OC(=O)N(F)C1c1ccc(N2CCSC2)cc1. The molecule has 1 aromatic carbocycles. The predicted octanol–water partition coefficient (Wildman–Crippen LogP) is 2.07. The Bertz CT molecular complexity index is 606. The minimum atomic E-state index is -1.09. The van der Waals surface area contributed by atoms with Gasteiger partial charge in [-0.05, 0) is 24.6 Å². The molecule has 2 fully saturated rings. The van der Waals surface area contributed by atoms with Crippen LogP contribution >= 0.6 is 11.8 Å². The van der Waals surface area contributed by atoms with Crippen LogP contribution < -0.4 is 10.6 Å². The van der Waals surface area contributed by atoms with E-state index in [4.69, 9.17) is 10.5 Å². The number of rotatable bonds is 4. The minimum Gasteiger partial charge on any atom is -0.441 e. The van der Waals surface area contributed by atoms with Crippen molar-refractivity contribution in [2.75, 3.05) is 23.1 Å². The normalized spacial score (nSPS) is 25.6. The van der Waals surface area contributed by atoms with E-state index in [1.807, 2.05) is 23.9 Å². The van der Waals surface area contributed by atoms with Crippen LogP contribution in [0.5, 0.6) is 0 Å². The number of cyclic esters (lactones) is 1. The topological polar surface area (TPSA) is 75.9 Å². The Morgan fingerprint density at radius 2 is 2.13 bits per heavy atom. The highest BCUT2D eigenvalue weighted by Gasteiger charge is 2.47. The number of carbonyl (C=O) groups excluding carboxylic acids is 2. The molecular weight excluding hydrogens is 321 g/mol. The predicted molar refractivity (Wildman–Crippen MR) is 85.4 cm³/mol. The highest BCUT2D eigenvalue weighted by Crippen LogP contribution is 2.38. The lowest BCUT2D eigenvalue weighted by atomic mass is 9.92. The van der Waals surface area contributed by atoms with Gasteiger partial charge in [0.1, 0.15) is 12.1 Å². The van der Waals surface area contributed by atoms with Gasteiger partial charge in [0.25, 0.3) is 0 Å². The number of thioether (sulfide) groups is 1. The molecule has 2 saturated heterocycles. The number of nitrogens with two attached hydrogens (primary N) is 1. The summed E-state index contributed by atoms with van der Waals surface area (Å²) in [5, 5.41) is 0.0326. The lowest BCUT2D eigenvalue weighted by Gasteiger charge is -2.23. The van der Waals surface area contributed by atoms with Crippen LogP contribution in [-0.2, 0) is 9.53 Å². The maximum Gasteiger partial charge on any atom is 0.439 e. The first kappa shape index (κ1) is 15.9. The maximum atomic E-state index is 14.1. The molecule has 2 heterocycles. The maximum absolute atomic E-state index is 14.1. The van der Waals surface area contributed by atoms with E-state index in [2.05, 4.69) is 4.90 Å². The number of benzene rings is 1. The summed E-state index contributed by atoms with van der Waals surface area (Å²) in [6.07, 6.45) is -2.02. The summed E-state index contributed by atoms with van der Waals surface area (Å²) in [4.78, 5) is 25.1. The van der Waals surface area contributed by atoms with E-state index >= 15 is 0 Å². The molecule has 2 amide bonds. The monoisotopic (exact) mass is 339 g/mol. The molecule has 6 nitrogen and oxygen atoms in total. The fraction of sp³-hybridized carbons (Fsp3) is 0.467. The van der Waals surface area contributed by atoms with Crippen LogP contribution in [0.2, 0.25) is 0 Å². The highest BCUT2D eigenvalue weighted by molar-refractivity contribution is 7.99. The summed E-state index contributed by atoms with van der Waals surface area (Å²) in [6, 6.07) is 6.34. The van der Waals surface area contributed by atoms with Crippen molar-refractivity contribution in [3.05, 3.63) is 29.8 Å². The van der Waals surface area contributed by atoms with E-state index in [1.165, 1.54) is 6.92 Å². The third-order valence-electron chi connectivity index (χ3n) is 4.26. The molecule has 124 valence electrons. The van der Waals surface area contributed by atoms with Crippen molar-refractivity contribution in [2.45, 2.75) is 19.1 Å². The Balaban J connectivity index is 1.85. The van der Waals surface area contributed by atoms with Crippen LogP contribution in [-0.4, -0.2) is 41.4 Å². The van der Waals surface area contributed by atoms with Crippen LogP contribution in [0.25, 0.3) is 0 Å². The van der Waals surface area contributed by atoms with Gasteiger partial charge in [-0.25, -0.2) is 4.79 Å². The molecule has 23 heavy (non-hydrogen) atoms. The second-order valence-electron chi connectivity index (χ2n) is 5.69. The largest absolute Gasteiger partial charge is 0.441 e. The van der Waals surface area contributed by atoms with Gasteiger partial charge in [-0.15, -0.1) is 16.9 Å². The van der Waals surface area contributed by atoms with Crippen LogP contribution in [0.4, 0.5) is 15.0 Å². The molecule has 0 radical (unpaired) electrons. The molecule has 0 bridgehead atoms. The molecule has 8 heteroatoms. The van der Waals surface area contributed by atoms with Gasteiger partial charge in [0, 0.05) is 18.0 Å². The standard InChI is InChI=1S/C15H18FN3O3S/c1-9(14(17)20)13-12(19(16)15(21)22-13)10-2-4-11(5-3-10)18-6-7-23-8-18/h2-5,9,12-13H,6-8H2,1H3,(H2,17,20). The fourth-order valence-electron chi connectivity index (χ4n) is 2.83. The van der Waals surface area contributed by atoms with Crippen molar-refractivity contribution in [3.8, 4) is 0 Å². The summed E-state index contributed by atoms with van der Waals surface area (Å²) in [6.45, 7) is 2.51. The molecule has 3 rings (SSSR count). The lowest BCUT2D eigenvalue weighted by Crippen LogP contribution is -2.35. The van der Waals surface area contributed by atoms with Crippen molar-refractivity contribution in [1.82, 2.24) is 5.12 Å². The number of primary amides is 1. The molecule has 1 aromatic rings. The van der Waals surface area contributed by atoms with Gasteiger partial charge >= 0.3 is 6.09 Å². The molecule has 3 unspecified atom stereocenters. The second kappa shape index (κ2) is 6.27. The first-order valence-corrected chi connectivity index (χ1v) is 8.52. The number of amides is 2. The Labute approximate surface area is 137 Å². The third kappa shape index (κ3) is 2.95. The van der Waals surface area contributed by atoms with Gasteiger partial charge < -0.3 is 15.4 Å². The van der Waals surface area contributed by atoms with Crippen molar-refractivity contribution in [2.24, 2.45) is 11.7 Å². The van der Waals surface area contributed by atoms with E-state index in [-0.39, 0.29) is 5.12 Å². The zero-order chi connectivity index (χ0) is 16.6. The van der Waals surface area contributed by atoms with E-state index < -0.39 is 30.1 Å². The number of nitrogens with zero attached hydrogens (tertiary/aromatic N) is 2. The average Bonchev–Trinajstić information content (AvgIpc) is 3.16. The zero-order valence-corrected chi connectivity index (χ0v) is 13.5. The fourth-order valence-corrected chi connectivity index (χ4v) is 3.81. The first-order chi connectivity index (χ1) is 11.0. The average molecular weight is 339 g/mol. The minimum absolute atomic E-state index is 0.0326. The molecule has 0 aliphatic carbocycles. The molecule has 0 aromatic heterocycles. The summed E-state index contributed by atoms with van der Waals surface area (Å²) >= 11 is 1.86. The number of ether oxygens (including phenoxy) is 1. The van der Waals surface area contributed by atoms with Crippen molar-refractivity contribution < 1.29 is 18.8 Å². The smallest absolute Gasteiger partial charge is 0.439 e. The molecule has 0 saturated carbocycles. The third-order valence-corrected chi connectivity index (χ3v) is 5.23. The molecule has 2 aliphatic heterocycles. The van der Waals surface area contributed by atoms with E-state index in [0.717, 1.165) is 23.9 Å². The van der Waals surface area contributed by atoms with E-state index in [0.29, 0.717) is 5.56 Å². The van der Waals surface area contributed by atoms with Crippen LogP contribution in [0.1, 0.15) is 18.5 Å². The lowest BCUT2D eigenvalue weighted by molar-refractivity contribution is -0.124. The van der Waals surface area contributed by atoms with Gasteiger partial charge in [-0.1, -0.05) is 16.6 Å². The quantitative estimate of drug-likeness (QED) is 0.850. The molecule has 2 aliphatic rings. The van der Waals surface area contributed by atoms with E-state index in [1.54, 1.807) is 12.1 Å². The number of hydrogen-bond acceptors (Lipinski definition) is 5. The van der Waals surface area contributed by atoms with Crippen molar-refractivity contribution >= 4 is 29.4 Å². The van der Waals surface area contributed by atoms with Gasteiger partial charge in [-0.3, -0.25) is 4.79 Å². The van der Waals surface area contributed by atoms with Crippen molar-refractivity contribution in [3.63, 3.8) is 0 Å². The van der Waals surface area contributed by atoms with Gasteiger partial charge in [-0.2, -0.15) is 0 Å². The van der Waals surface area contributed by atoms with Gasteiger partial charge in [0.05, 0.1) is 11.8 Å². The molecule has 2 N–H and O–H groups in total. The Kier molecular flexibility index (Phi) is 4.34. The Morgan fingerprint density at radius 3 is 2.70 bits per heavy atom. The molecule has 3 atom stereocenters. The summed E-state index contributed by atoms with van der Waals surface area (Å²) in [5.74, 6) is 0.609. The summed E-state index contributed by atoms with van der Waals surface area (Å²) < 4.78 is 19.1. The Hall–Kier alpha value is -1.96. The highest BCUT2D eigenvalue weighted by atomic mass is 32.2. The van der Waals surface area contributed by atoms with Crippen LogP contribution in [0.3, 0.4) is 0 Å². The molecular formula is C15H18FN3O3S. The summed E-state index contributed by atoms with van der Waals surface area (Å²) in [7, 11) is 0. The van der Waals surface area contributed by atoms with Crippen LogP contribution in [0.15, 0.2) is 24.3 Å². The number of halogens is 1. The first-order valence-electron chi connectivity index (χ1n) is 7.36. The van der Waals surface area contributed by atoms with Crippen molar-refractivity contribution in [1.29, 1.82) is 0 Å². The number of anilines is 1. The van der Waals surface area contributed by atoms with Gasteiger partial charge in [0.15, 0.2) is 0 Å². The zero-order valence-electron chi connectivity index (χ0n) is 12.6. The number of hydrogen-bond donors (Lipinski definition) is 1. The summed E-state index contributed by atoms with van der Waals surface area (Å²) in [5.41, 5.74) is 6.90.